The van der Waals surface area contributed by atoms with Gasteiger partial charge in [-0.2, -0.15) is 4.98 Å². The average molecular weight is 475 g/mol. The monoisotopic (exact) mass is 474 g/mol. The molecule has 0 radical (unpaired) electrons. The lowest BCUT2D eigenvalue weighted by Crippen LogP contribution is -2.40. The second-order valence-corrected chi connectivity index (χ2v) is 8.87. The van der Waals surface area contributed by atoms with Crippen molar-refractivity contribution in [3.05, 3.63) is 66.2 Å². The van der Waals surface area contributed by atoms with E-state index in [-0.39, 0.29) is 5.56 Å². The Labute approximate surface area is 206 Å². The molecule has 1 aromatic heterocycles. The third-order valence-corrected chi connectivity index (χ3v) is 6.34. The van der Waals surface area contributed by atoms with Gasteiger partial charge in [0.15, 0.2) is 11.8 Å². The van der Waals surface area contributed by atoms with Gasteiger partial charge in [0, 0.05) is 18.4 Å². The molecule has 35 heavy (non-hydrogen) atoms. The summed E-state index contributed by atoms with van der Waals surface area (Å²) in [6.45, 7) is 4.97. The summed E-state index contributed by atoms with van der Waals surface area (Å²) in [5.74, 6) is -0.628. The Balaban J connectivity index is 1.66. The van der Waals surface area contributed by atoms with Crippen LogP contribution < -0.4 is 9.64 Å². The predicted molar refractivity (Wildman–Crippen MR) is 140 cm³/mol. The minimum atomic E-state index is -1.01. The van der Waals surface area contributed by atoms with E-state index >= 15 is 0 Å². The number of hydrogen-bond acceptors (Lipinski definition) is 5. The number of ether oxygens (including phenoxy) is 1. The second-order valence-electron chi connectivity index (χ2n) is 8.87. The molecule has 3 aromatic carbocycles. The van der Waals surface area contributed by atoms with E-state index in [1.54, 1.807) is 6.07 Å². The Morgan fingerprint density at radius 2 is 1.71 bits per heavy atom. The number of anilines is 1. The Morgan fingerprint density at radius 3 is 2.49 bits per heavy atom. The van der Waals surface area contributed by atoms with Crippen LogP contribution in [0.5, 0.6) is 5.75 Å². The molecule has 0 fully saturated rings. The molecule has 0 saturated heterocycles. The summed E-state index contributed by atoms with van der Waals surface area (Å²) in [6.07, 6.45) is 7.21. The van der Waals surface area contributed by atoms with Gasteiger partial charge in [-0.1, -0.05) is 88.4 Å². The molecule has 0 amide bonds. The molecular weight excluding hydrogens is 440 g/mol. The molecule has 0 saturated carbocycles. The number of hydrogen-bond donors (Lipinski definition) is 1. The minimum absolute atomic E-state index is 0.152. The topological polar surface area (TPSA) is 75.8 Å². The smallest absolute Gasteiger partial charge is 0.339 e. The van der Waals surface area contributed by atoms with E-state index in [1.165, 1.54) is 25.7 Å². The Morgan fingerprint density at radius 1 is 0.971 bits per heavy atom. The number of aromatic nitrogens is 1. The molecule has 0 spiro atoms. The lowest BCUT2D eigenvalue weighted by atomic mass is 10.1. The number of unbranched alkanes of at least 4 members (excludes halogenated alkanes) is 5. The van der Waals surface area contributed by atoms with Gasteiger partial charge < -0.3 is 14.3 Å². The minimum Gasteiger partial charge on any atom is -0.478 e. The van der Waals surface area contributed by atoms with Gasteiger partial charge in [0.1, 0.15) is 16.8 Å². The number of fused-ring (bicyclic) bond motifs is 2. The molecule has 4 aromatic rings. The Hall–Kier alpha value is -3.54. The molecule has 0 bridgehead atoms. The SMILES string of the molecule is CCCCCCCCN(c1nc2ccccc2o1)C(CC)Oc1c(C(=O)O)ccc2ccccc12. The van der Waals surface area contributed by atoms with Crippen molar-refractivity contribution in [2.45, 2.75) is 65.0 Å². The fourth-order valence-electron chi connectivity index (χ4n) is 4.45. The van der Waals surface area contributed by atoms with Crippen molar-refractivity contribution in [1.82, 2.24) is 4.98 Å². The first-order valence-electron chi connectivity index (χ1n) is 12.7. The predicted octanol–water partition coefficient (Wildman–Crippen LogP) is 7.66. The van der Waals surface area contributed by atoms with Gasteiger partial charge in [0.05, 0.1) is 0 Å². The van der Waals surface area contributed by atoms with Crippen LogP contribution in [0.2, 0.25) is 0 Å². The lowest BCUT2D eigenvalue weighted by molar-refractivity contribution is 0.0688. The maximum atomic E-state index is 12.1. The van der Waals surface area contributed by atoms with Gasteiger partial charge in [-0.25, -0.2) is 4.79 Å². The number of carboxylic acid groups (broad SMARTS) is 1. The van der Waals surface area contributed by atoms with Crippen molar-refractivity contribution >= 4 is 33.9 Å². The van der Waals surface area contributed by atoms with Crippen molar-refractivity contribution in [2.75, 3.05) is 11.4 Å². The number of rotatable bonds is 13. The molecule has 1 unspecified atom stereocenters. The quantitative estimate of drug-likeness (QED) is 0.158. The first-order valence-corrected chi connectivity index (χ1v) is 12.7. The number of nitrogens with zero attached hydrogens (tertiary/aromatic N) is 2. The van der Waals surface area contributed by atoms with E-state index < -0.39 is 12.2 Å². The Bertz CT molecular complexity index is 1230. The highest BCUT2D eigenvalue weighted by molar-refractivity contribution is 6.00. The zero-order valence-electron chi connectivity index (χ0n) is 20.6. The van der Waals surface area contributed by atoms with E-state index in [0.29, 0.717) is 24.7 Å². The number of carboxylic acids is 1. The molecule has 0 aliphatic carbocycles. The zero-order valence-corrected chi connectivity index (χ0v) is 20.6. The average Bonchev–Trinajstić information content (AvgIpc) is 3.31. The van der Waals surface area contributed by atoms with Crippen molar-refractivity contribution < 1.29 is 19.1 Å². The van der Waals surface area contributed by atoms with Crippen LogP contribution >= 0.6 is 0 Å². The van der Waals surface area contributed by atoms with Crippen molar-refractivity contribution in [1.29, 1.82) is 0 Å². The van der Waals surface area contributed by atoms with E-state index in [2.05, 4.69) is 6.92 Å². The molecule has 6 heteroatoms. The van der Waals surface area contributed by atoms with E-state index in [0.717, 1.165) is 34.7 Å². The largest absolute Gasteiger partial charge is 0.478 e. The van der Waals surface area contributed by atoms with E-state index in [1.807, 2.05) is 66.4 Å². The molecule has 0 aliphatic rings. The molecule has 1 atom stereocenters. The second kappa shape index (κ2) is 11.7. The van der Waals surface area contributed by atoms with Crippen LogP contribution in [0.15, 0.2) is 65.1 Å². The lowest BCUT2D eigenvalue weighted by Gasteiger charge is -2.31. The van der Waals surface area contributed by atoms with Crippen LogP contribution in [0.4, 0.5) is 6.01 Å². The van der Waals surface area contributed by atoms with Crippen LogP contribution in [0.3, 0.4) is 0 Å². The van der Waals surface area contributed by atoms with Gasteiger partial charge in [-0.05, 0) is 30.0 Å². The molecule has 6 nitrogen and oxygen atoms in total. The molecule has 0 aliphatic heterocycles. The first kappa shape index (κ1) is 24.6. The summed E-state index contributed by atoms with van der Waals surface area (Å²) >= 11 is 0. The van der Waals surface area contributed by atoms with Gasteiger partial charge in [-0.3, -0.25) is 4.90 Å². The van der Waals surface area contributed by atoms with E-state index in [9.17, 15) is 9.90 Å². The Kier molecular flexibility index (Phi) is 8.24. The van der Waals surface area contributed by atoms with Gasteiger partial charge >= 0.3 is 12.0 Å². The van der Waals surface area contributed by atoms with Crippen LogP contribution in [0.25, 0.3) is 21.9 Å². The van der Waals surface area contributed by atoms with Crippen LogP contribution in [0.1, 0.15) is 69.2 Å². The molecule has 1 heterocycles. The third kappa shape index (κ3) is 5.76. The fourth-order valence-corrected chi connectivity index (χ4v) is 4.45. The summed E-state index contributed by atoms with van der Waals surface area (Å²) in [7, 11) is 0. The highest BCUT2D eigenvalue weighted by atomic mass is 16.5. The molecular formula is C29H34N2O4. The number of para-hydroxylation sites is 2. The first-order chi connectivity index (χ1) is 17.1. The van der Waals surface area contributed by atoms with Crippen molar-refractivity contribution in [3.63, 3.8) is 0 Å². The summed E-state index contributed by atoms with van der Waals surface area (Å²) in [5, 5.41) is 11.6. The van der Waals surface area contributed by atoms with Gasteiger partial charge in [0.25, 0.3) is 0 Å². The number of carbonyl (C=O) groups is 1. The summed E-state index contributed by atoms with van der Waals surface area (Å²) in [4.78, 5) is 18.8. The van der Waals surface area contributed by atoms with Crippen molar-refractivity contribution in [2.24, 2.45) is 0 Å². The third-order valence-electron chi connectivity index (χ3n) is 6.34. The highest BCUT2D eigenvalue weighted by Crippen LogP contribution is 2.33. The van der Waals surface area contributed by atoms with Crippen LogP contribution in [0, 0.1) is 0 Å². The maximum absolute atomic E-state index is 12.1. The number of benzene rings is 3. The maximum Gasteiger partial charge on any atom is 0.339 e. The summed E-state index contributed by atoms with van der Waals surface area (Å²) in [6, 6.07) is 19.3. The van der Waals surface area contributed by atoms with Crippen LogP contribution in [-0.2, 0) is 0 Å². The summed E-state index contributed by atoms with van der Waals surface area (Å²) in [5.41, 5.74) is 1.67. The number of oxazole rings is 1. The summed E-state index contributed by atoms with van der Waals surface area (Å²) < 4.78 is 12.7. The van der Waals surface area contributed by atoms with Crippen LogP contribution in [-0.4, -0.2) is 28.8 Å². The van der Waals surface area contributed by atoms with E-state index in [4.69, 9.17) is 14.1 Å². The van der Waals surface area contributed by atoms with Gasteiger partial charge in [-0.15, -0.1) is 0 Å². The molecule has 4 rings (SSSR count). The highest BCUT2D eigenvalue weighted by Gasteiger charge is 2.26. The molecule has 184 valence electrons. The van der Waals surface area contributed by atoms with Crippen molar-refractivity contribution in [3.8, 4) is 5.75 Å². The molecule has 1 N–H and O–H groups in total. The fraction of sp³-hybridized carbons (Fsp3) is 0.379. The standard InChI is InChI=1S/C29H34N2O4/c1-3-5-6-7-8-13-20-31(29-30-24-16-11-12-17-25(24)34-29)26(4-2)35-27-22-15-10-9-14-21(22)18-19-23(27)28(32)33/h9-12,14-19,26H,3-8,13,20H2,1-2H3,(H,32,33). The van der Waals surface area contributed by atoms with Gasteiger partial charge in [0.2, 0.25) is 0 Å². The zero-order chi connectivity index (χ0) is 24.6. The normalized spacial score (nSPS) is 12.2. The number of aromatic carboxylic acids is 1.